The normalized spacial score (nSPS) is 10.3. The average molecular weight is 295 g/mol. The zero-order valence-electron chi connectivity index (χ0n) is 10.5. The molecule has 0 aromatic heterocycles. The lowest BCUT2D eigenvalue weighted by Gasteiger charge is -2.11. The fourth-order valence-corrected chi connectivity index (χ4v) is 2.00. The van der Waals surface area contributed by atoms with Gasteiger partial charge in [0.05, 0.1) is 11.4 Å². The molecular weight excluding hydrogens is 283 g/mol. The first-order valence-corrected chi connectivity index (χ1v) is 6.30. The van der Waals surface area contributed by atoms with Gasteiger partial charge < -0.3 is 9.84 Å². The maximum Gasteiger partial charge on any atom is 0.307 e. The predicted molar refractivity (Wildman–Crippen MR) is 73.5 cm³/mol. The Balaban J connectivity index is 2.12. The highest BCUT2D eigenvalue weighted by Gasteiger charge is 2.08. The molecule has 0 aliphatic heterocycles. The number of halogens is 2. The van der Waals surface area contributed by atoms with Gasteiger partial charge in [0.15, 0.2) is 0 Å². The fourth-order valence-electron chi connectivity index (χ4n) is 1.78. The van der Waals surface area contributed by atoms with Crippen molar-refractivity contribution in [2.45, 2.75) is 13.0 Å². The second kappa shape index (κ2) is 6.39. The van der Waals surface area contributed by atoms with Gasteiger partial charge in [0.2, 0.25) is 0 Å². The Morgan fingerprint density at radius 3 is 2.55 bits per heavy atom. The molecule has 20 heavy (non-hydrogen) atoms. The minimum absolute atomic E-state index is 0.0727. The number of carboxylic acids is 1. The van der Waals surface area contributed by atoms with Crippen molar-refractivity contribution in [2.24, 2.45) is 0 Å². The Kier molecular flexibility index (Phi) is 4.58. The van der Waals surface area contributed by atoms with Crippen molar-refractivity contribution in [3.8, 4) is 5.75 Å². The van der Waals surface area contributed by atoms with E-state index in [1.54, 1.807) is 24.3 Å². The van der Waals surface area contributed by atoms with Crippen molar-refractivity contribution < 1.29 is 19.0 Å². The Bertz CT molecular complexity index is 628. The Hall–Kier alpha value is -2.07. The molecule has 104 valence electrons. The van der Waals surface area contributed by atoms with Crippen LogP contribution in [0, 0.1) is 5.82 Å². The predicted octanol–water partition coefficient (Wildman–Crippen LogP) is 3.69. The average Bonchev–Trinajstić information content (AvgIpc) is 2.39. The molecule has 0 saturated heterocycles. The Morgan fingerprint density at radius 1 is 1.20 bits per heavy atom. The van der Waals surface area contributed by atoms with Crippen molar-refractivity contribution in [1.82, 2.24) is 0 Å². The SMILES string of the molecule is O=C(O)Cc1ccccc1COc1ccc(F)cc1Cl. The van der Waals surface area contributed by atoms with Gasteiger partial charge in [0.1, 0.15) is 18.2 Å². The summed E-state index contributed by atoms with van der Waals surface area (Å²) in [6.07, 6.45) is -0.0727. The Labute approximate surface area is 120 Å². The molecule has 5 heteroatoms. The maximum absolute atomic E-state index is 12.9. The molecule has 0 amide bonds. The number of rotatable bonds is 5. The van der Waals surface area contributed by atoms with Crippen LogP contribution in [-0.4, -0.2) is 11.1 Å². The molecule has 2 aromatic carbocycles. The molecule has 0 aliphatic rings. The second-order valence-electron chi connectivity index (χ2n) is 4.20. The number of carbonyl (C=O) groups is 1. The van der Waals surface area contributed by atoms with E-state index in [1.807, 2.05) is 0 Å². The third kappa shape index (κ3) is 3.71. The molecule has 0 bridgehead atoms. The molecule has 0 spiro atoms. The minimum Gasteiger partial charge on any atom is -0.487 e. The van der Waals surface area contributed by atoms with E-state index in [0.29, 0.717) is 11.3 Å². The van der Waals surface area contributed by atoms with Gasteiger partial charge >= 0.3 is 5.97 Å². The topological polar surface area (TPSA) is 46.5 Å². The molecule has 2 aromatic rings. The summed E-state index contributed by atoms with van der Waals surface area (Å²) in [4.78, 5) is 10.8. The van der Waals surface area contributed by atoms with Gasteiger partial charge in [-0.25, -0.2) is 4.39 Å². The van der Waals surface area contributed by atoms with Crippen molar-refractivity contribution in [3.05, 3.63) is 64.4 Å². The maximum atomic E-state index is 12.9. The van der Waals surface area contributed by atoms with Crippen LogP contribution in [0.25, 0.3) is 0 Å². The van der Waals surface area contributed by atoms with Crippen LogP contribution in [-0.2, 0) is 17.8 Å². The quantitative estimate of drug-likeness (QED) is 0.915. The van der Waals surface area contributed by atoms with Crippen molar-refractivity contribution in [3.63, 3.8) is 0 Å². The molecule has 0 unspecified atom stereocenters. The van der Waals surface area contributed by atoms with Crippen molar-refractivity contribution >= 4 is 17.6 Å². The molecule has 1 N–H and O–H groups in total. The number of benzene rings is 2. The lowest BCUT2D eigenvalue weighted by atomic mass is 10.1. The van der Waals surface area contributed by atoms with Crippen molar-refractivity contribution in [2.75, 3.05) is 0 Å². The number of hydrogen-bond acceptors (Lipinski definition) is 2. The van der Waals surface area contributed by atoms with Crippen LogP contribution in [0.15, 0.2) is 42.5 Å². The van der Waals surface area contributed by atoms with Gasteiger partial charge in [-0.1, -0.05) is 35.9 Å². The Morgan fingerprint density at radius 2 is 1.90 bits per heavy atom. The van der Waals surface area contributed by atoms with Gasteiger partial charge in [0.25, 0.3) is 0 Å². The van der Waals surface area contributed by atoms with Crippen LogP contribution in [0.2, 0.25) is 5.02 Å². The third-order valence-corrected chi connectivity index (χ3v) is 3.03. The summed E-state index contributed by atoms with van der Waals surface area (Å²) in [5.41, 5.74) is 1.44. The lowest BCUT2D eigenvalue weighted by Crippen LogP contribution is -2.06. The lowest BCUT2D eigenvalue weighted by molar-refractivity contribution is -0.136. The largest absolute Gasteiger partial charge is 0.487 e. The molecule has 3 nitrogen and oxygen atoms in total. The molecule has 0 aliphatic carbocycles. The van der Waals surface area contributed by atoms with Gasteiger partial charge in [-0.15, -0.1) is 0 Å². The van der Waals surface area contributed by atoms with Crippen molar-refractivity contribution in [1.29, 1.82) is 0 Å². The van der Waals surface area contributed by atoms with Gasteiger partial charge in [0, 0.05) is 0 Å². The van der Waals surface area contributed by atoms with E-state index in [2.05, 4.69) is 0 Å². The molecule has 0 saturated carbocycles. The number of carboxylic acid groups (broad SMARTS) is 1. The first kappa shape index (κ1) is 14.3. The highest BCUT2D eigenvalue weighted by atomic mass is 35.5. The molecule has 0 fully saturated rings. The summed E-state index contributed by atoms with van der Waals surface area (Å²) in [5, 5.41) is 9.03. The van der Waals surface area contributed by atoms with Gasteiger partial charge in [-0.05, 0) is 29.3 Å². The highest BCUT2D eigenvalue weighted by Crippen LogP contribution is 2.26. The molecule has 0 atom stereocenters. The summed E-state index contributed by atoms with van der Waals surface area (Å²) in [6.45, 7) is 0.175. The van der Waals surface area contributed by atoms with E-state index in [-0.39, 0.29) is 18.1 Å². The summed E-state index contributed by atoms with van der Waals surface area (Å²) in [7, 11) is 0. The zero-order valence-corrected chi connectivity index (χ0v) is 11.2. The monoisotopic (exact) mass is 294 g/mol. The van der Waals surface area contributed by atoms with Crippen LogP contribution in [0.5, 0.6) is 5.75 Å². The van der Waals surface area contributed by atoms with E-state index < -0.39 is 11.8 Å². The number of aliphatic carboxylic acids is 1. The van der Waals surface area contributed by atoms with E-state index >= 15 is 0 Å². The number of hydrogen-bond donors (Lipinski definition) is 1. The highest BCUT2D eigenvalue weighted by molar-refractivity contribution is 6.32. The zero-order chi connectivity index (χ0) is 14.5. The van der Waals surface area contributed by atoms with Crippen LogP contribution < -0.4 is 4.74 Å². The van der Waals surface area contributed by atoms with Crippen LogP contribution >= 0.6 is 11.6 Å². The number of ether oxygens (including phenoxy) is 1. The van der Waals surface area contributed by atoms with Crippen LogP contribution in [0.4, 0.5) is 4.39 Å². The fraction of sp³-hybridized carbons (Fsp3) is 0.133. The molecular formula is C15H12ClFO3. The molecule has 0 heterocycles. The summed E-state index contributed by atoms with van der Waals surface area (Å²) < 4.78 is 18.4. The molecule has 2 rings (SSSR count). The van der Waals surface area contributed by atoms with Gasteiger partial charge in [-0.2, -0.15) is 0 Å². The van der Waals surface area contributed by atoms with Gasteiger partial charge in [-0.3, -0.25) is 4.79 Å². The standard InChI is InChI=1S/C15H12ClFO3/c16-13-8-12(17)5-6-14(13)20-9-11-4-2-1-3-10(11)7-15(18)19/h1-6,8H,7,9H2,(H,18,19). The summed E-state index contributed by atoms with van der Waals surface area (Å²) >= 11 is 5.86. The summed E-state index contributed by atoms with van der Waals surface area (Å²) in [5.74, 6) is -0.982. The van der Waals surface area contributed by atoms with Crippen LogP contribution in [0.3, 0.4) is 0 Å². The van der Waals surface area contributed by atoms with Crippen LogP contribution in [0.1, 0.15) is 11.1 Å². The first-order valence-electron chi connectivity index (χ1n) is 5.92. The first-order chi connectivity index (χ1) is 9.56. The van der Waals surface area contributed by atoms with E-state index in [0.717, 1.165) is 5.56 Å². The van der Waals surface area contributed by atoms with E-state index in [4.69, 9.17) is 21.4 Å². The minimum atomic E-state index is -0.905. The summed E-state index contributed by atoms with van der Waals surface area (Å²) in [6, 6.07) is 11.0. The second-order valence-corrected chi connectivity index (χ2v) is 4.61. The molecule has 0 radical (unpaired) electrons. The third-order valence-electron chi connectivity index (χ3n) is 2.74. The van der Waals surface area contributed by atoms with E-state index in [9.17, 15) is 9.18 Å². The van der Waals surface area contributed by atoms with E-state index in [1.165, 1.54) is 18.2 Å². The smallest absolute Gasteiger partial charge is 0.307 e.